The lowest BCUT2D eigenvalue weighted by atomic mass is 10.3. The molecule has 0 rings (SSSR count). The Kier molecular flexibility index (Phi) is 14.0. The molecule has 0 aromatic rings. The first-order valence-corrected chi connectivity index (χ1v) is 4.84. The van der Waals surface area contributed by atoms with E-state index < -0.39 is 5.97 Å². The molecule has 0 aliphatic rings. The molecule has 86 valence electrons. The smallest absolute Gasteiger partial charge is 0.300 e. The summed E-state index contributed by atoms with van der Waals surface area (Å²) in [7, 11) is 1.69. The van der Waals surface area contributed by atoms with Crippen LogP contribution >= 0.6 is 0 Å². The normalized spacial score (nSPS) is 11.4. The number of unbranched alkanes of at least 4 members (excludes halogenated alkanes) is 1. The summed E-state index contributed by atoms with van der Waals surface area (Å²) in [5, 5.41) is 7.42. The number of aliphatic carboxylic acids is 1. The average Bonchev–Trinajstić information content (AvgIpc) is 2.04. The molecule has 0 aromatic carbocycles. The van der Waals surface area contributed by atoms with Crippen molar-refractivity contribution in [3.05, 3.63) is 0 Å². The van der Waals surface area contributed by atoms with Crippen molar-refractivity contribution in [2.75, 3.05) is 20.3 Å². The summed E-state index contributed by atoms with van der Waals surface area (Å²) in [5.41, 5.74) is 0. The topological polar surface area (TPSA) is 55.8 Å². The maximum atomic E-state index is 9.00. The van der Waals surface area contributed by atoms with Crippen molar-refractivity contribution in [2.24, 2.45) is 0 Å². The standard InChI is InChI=1S/C8H18O2.C2H4O2/c1-4-5-6-10-8(2)7-9-3;1-2(3)4/h8H,4-7H2,1-3H3;1H3,(H,3,4). The SMILES string of the molecule is CC(=O)O.CCCCOC(C)COC. The molecule has 14 heavy (non-hydrogen) atoms. The van der Waals surface area contributed by atoms with Crippen LogP contribution in [0.25, 0.3) is 0 Å². The zero-order valence-corrected chi connectivity index (χ0v) is 9.58. The second-order valence-electron chi connectivity index (χ2n) is 3.01. The fraction of sp³-hybridized carbons (Fsp3) is 0.900. The van der Waals surface area contributed by atoms with Crippen molar-refractivity contribution < 1.29 is 19.4 Å². The Balaban J connectivity index is 0. The number of hydrogen-bond donors (Lipinski definition) is 1. The molecule has 4 nitrogen and oxygen atoms in total. The lowest BCUT2D eigenvalue weighted by Crippen LogP contribution is -2.15. The van der Waals surface area contributed by atoms with Gasteiger partial charge < -0.3 is 14.6 Å². The van der Waals surface area contributed by atoms with Crippen LogP contribution < -0.4 is 0 Å². The third-order valence-corrected chi connectivity index (χ3v) is 1.30. The van der Waals surface area contributed by atoms with Gasteiger partial charge in [-0.2, -0.15) is 0 Å². The highest BCUT2D eigenvalue weighted by atomic mass is 16.5. The molecule has 1 unspecified atom stereocenters. The highest BCUT2D eigenvalue weighted by Crippen LogP contribution is 1.94. The summed E-state index contributed by atoms with van der Waals surface area (Å²) in [6, 6.07) is 0. The van der Waals surface area contributed by atoms with E-state index in [1.807, 2.05) is 6.92 Å². The number of carboxylic acid groups (broad SMARTS) is 1. The Hall–Kier alpha value is -0.610. The minimum Gasteiger partial charge on any atom is -0.481 e. The third-order valence-electron chi connectivity index (χ3n) is 1.30. The van der Waals surface area contributed by atoms with Crippen molar-refractivity contribution in [2.45, 2.75) is 39.7 Å². The van der Waals surface area contributed by atoms with Crippen LogP contribution in [0, 0.1) is 0 Å². The van der Waals surface area contributed by atoms with Gasteiger partial charge in [0.25, 0.3) is 5.97 Å². The van der Waals surface area contributed by atoms with E-state index in [1.165, 1.54) is 6.42 Å². The van der Waals surface area contributed by atoms with Crippen LogP contribution in [0.3, 0.4) is 0 Å². The average molecular weight is 206 g/mol. The van der Waals surface area contributed by atoms with Crippen LogP contribution in [0.2, 0.25) is 0 Å². The van der Waals surface area contributed by atoms with Gasteiger partial charge in [0.2, 0.25) is 0 Å². The molecule has 0 bridgehead atoms. The van der Waals surface area contributed by atoms with Gasteiger partial charge in [-0.1, -0.05) is 13.3 Å². The van der Waals surface area contributed by atoms with Gasteiger partial charge in [-0.05, 0) is 13.3 Å². The van der Waals surface area contributed by atoms with Crippen molar-refractivity contribution in [1.82, 2.24) is 0 Å². The lowest BCUT2D eigenvalue weighted by molar-refractivity contribution is -0.134. The zero-order chi connectivity index (χ0) is 11.4. The second kappa shape index (κ2) is 12.4. The van der Waals surface area contributed by atoms with E-state index >= 15 is 0 Å². The number of carbonyl (C=O) groups is 1. The molecule has 1 atom stereocenters. The van der Waals surface area contributed by atoms with Gasteiger partial charge in [-0.15, -0.1) is 0 Å². The van der Waals surface area contributed by atoms with Gasteiger partial charge >= 0.3 is 0 Å². The molecule has 0 aliphatic heterocycles. The molecular weight excluding hydrogens is 184 g/mol. The number of methoxy groups -OCH3 is 1. The highest BCUT2D eigenvalue weighted by molar-refractivity contribution is 5.62. The minimum atomic E-state index is -0.833. The fourth-order valence-electron chi connectivity index (χ4n) is 0.712. The molecule has 0 radical (unpaired) electrons. The van der Waals surface area contributed by atoms with E-state index in [0.29, 0.717) is 6.61 Å². The summed E-state index contributed by atoms with van der Waals surface area (Å²) in [6.45, 7) is 6.83. The van der Waals surface area contributed by atoms with Crippen LogP contribution in [-0.4, -0.2) is 37.5 Å². The highest BCUT2D eigenvalue weighted by Gasteiger charge is 1.98. The monoisotopic (exact) mass is 206 g/mol. The minimum absolute atomic E-state index is 0.247. The first kappa shape index (κ1) is 15.8. The maximum absolute atomic E-state index is 9.00. The van der Waals surface area contributed by atoms with Crippen LogP contribution in [0.1, 0.15) is 33.6 Å². The molecule has 0 spiro atoms. The van der Waals surface area contributed by atoms with E-state index in [1.54, 1.807) is 7.11 Å². The van der Waals surface area contributed by atoms with E-state index in [-0.39, 0.29) is 6.10 Å². The van der Waals surface area contributed by atoms with Gasteiger partial charge in [0.15, 0.2) is 0 Å². The molecule has 0 saturated heterocycles. The van der Waals surface area contributed by atoms with Crippen LogP contribution in [-0.2, 0) is 14.3 Å². The summed E-state index contributed by atoms with van der Waals surface area (Å²) in [5.74, 6) is -0.833. The van der Waals surface area contributed by atoms with Crippen LogP contribution in [0.4, 0.5) is 0 Å². The van der Waals surface area contributed by atoms with E-state index in [4.69, 9.17) is 19.4 Å². The predicted molar refractivity (Wildman–Crippen MR) is 55.5 cm³/mol. The largest absolute Gasteiger partial charge is 0.481 e. The number of carboxylic acids is 1. The predicted octanol–water partition coefficient (Wildman–Crippen LogP) is 1.93. The molecule has 4 heteroatoms. The Morgan fingerprint density at radius 1 is 1.50 bits per heavy atom. The molecule has 0 amide bonds. The van der Waals surface area contributed by atoms with Gasteiger partial charge in [0, 0.05) is 20.6 Å². The number of rotatable bonds is 6. The summed E-state index contributed by atoms with van der Waals surface area (Å²) in [6.07, 6.45) is 2.59. The second-order valence-corrected chi connectivity index (χ2v) is 3.01. The first-order chi connectivity index (χ1) is 6.54. The molecule has 1 N–H and O–H groups in total. The Bertz CT molecular complexity index is 121. The number of hydrogen-bond acceptors (Lipinski definition) is 3. The van der Waals surface area contributed by atoms with Crippen molar-refractivity contribution in [3.8, 4) is 0 Å². The Morgan fingerprint density at radius 2 is 2.00 bits per heavy atom. The summed E-state index contributed by atoms with van der Waals surface area (Å²) >= 11 is 0. The quantitative estimate of drug-likeness (QED) is 0.675. The Labute approximate surface area is 86.2 Å². The molecular formula is C10H22O4. The van der Waals surface area contributed by atoms with E-state index in [2.05, 4.69) is 6.92 Å². The molecule has 0 aromatic heterocycles. The first-order valence-electron chi connectivity index (χ1n) is 4.84. The van der Waals surface area contributed by atoms with Crippen molar-refractivity contribution in [1.29, 1.82) is 0 Å². The Morgan fingerprint density at radius 3 is 2.36 bits per heavy atom. The fourth-order valence-corrected chi connectivity index (χ4v) is 0.712. The molecule has 0 saturated carbocycles. The molecule has 0 fully saturated rings. The van der Waals surface area contributed by atoms with Crippen LogP contribution in [0.5, 0.6) is 0 Å². The molecule has 0 aliphatic carbocycles. The maximum Gasteiger partial charge on any atom is 0.300 e. The number of ether oxygens (including phenoxy) is 2. The van der Waals surface area contributed by atoms with Gasteiger partial charge in [0.05, 0.1) is 12.7 Å². The van der Waals surface area contributed by atoms with Crippen molar-refractivity contribution in [3.63, 3.8) is 0 Å². The van der Waals surface area contributed by atoms with Crippen LogP contribution in [0.15, 0.2) is 0 Å². The van der Waals surface area contributed by atoms with E-state index in [0.717, 1.165) is 20.0 Å². The lowest BCUT2D eigenvalue weighted by Gasteiger charge is -2.10. The van der Waals surface area contributed by atoms with Gasteiger partial charge in [-0.25, -0.2) is 0 Å². The van der Waals surface area contributed by atoms with Gasteiger partial charge in [0.1, 0.15) is 0 Å². The van der Waals surface area contributed by atoms with Gasteiger partial charge in [-0.3, -0.25) is 4.79 Å². The summed E-state index contributed by atoms with van der Waals surface area (Å²) in [4.78, 5) is 9.00. The third kappa shape index (κ3) is 22.5. The molecule has 0 heterocycles. The zero-order valence-electron chi connectivity index (χ0n) is 9.58. The summed E-state index contributed by atoms with van der Waals surface area (Å²) < 4.78 is 10.3. The van der Waals surface area contributed by atoms with Crippen molar-refractivity contribution >= 4 is 5.97 Å². The van der Waals surface area contributed by atoms with E-state index in [9.17, 15) is 0 Å².